The van der Waals surface area contributed by atoms with Crippen molar-refractivity contribution in [3.8, 4) is 5.75 Å². The van der Waals surface area contributed by atoms with E-state index in [0.717, 1.165) is 18.9 Å². The van der Waals surface area contributed by atoms with Crippen LogP contribution in [0.5, 0.6) is 5.75 Å². The molecule has 1 rings (SSSR count). The van der Waals surface area contributed by atoms with E-state index in [2.05, 4.69) is 19.2 Å². The minimum atomic E-state index is 0.618. The first-order valence-corrected chi connectivity index (χ1v) is 6.42. The van der Waals surface area contributed by atoms with E-state index in [0.29, 0.717) is 19.3 Å². The SMILES string of the molecule is CC[C@H](C)[NH2+]CCOCCOc1ccccc1. The Morgan fingerprint density at radius 3 is 2.59 bits per heavy atom. The van der Waals surface area contributed by atoms with Crippen LogP contribution in [0.4, 0.5) is 0 Å². The number of hydrogen-bond donors (Lipinski definition) is 1. The molecule has 1 aromatic rings. The number of rotatable bonds is 9. The van der Waals surface area contributed by atoms with E-state index in [1.165, 1.54) is 6.42 Å². The van der Waals surface area contributed by atoms with Crippen molar-refractivity contribution in [2.75, 3.05) is 26.4 Å². The minimum absolute atomic E-state index is 0.618. The Bertz CT molecular complexity index is 277. The lowest BCUT2D eigenvalue weighted by atomic mass is 10.3. The van der Waals surface area contributed by atoms with Gasteiger partial charge in [-0.05, 0) is 25.5 Å². The van der Waals surface area contributed by atoms with Gasteiger partial charge in [0, 0.05) is 0 Å². The third-order valence-corrected chi connectivity index (χ3v) is 2.71. The molecule has 0 aliphatic heterocycles. The molecule has 3 heteroatoms. The van der Waals surface area contributed by atoms with Gasteiger partial charge in [0.1, 0.15) is 12.4 Å². The number of quaternary nitrogens is 1. The van der Waals surface area contributed by atoms with Crippen molar-refractivity contribution in [1.82, 2.24) is 0 Å². The summed E-state index contributed by atoms with van der Waals surface area (Å²) >= 11 is 0. The molecule has 0 aliphatic rings. The lowest BCUT2D eigenvalue weighted by Gasteiger charge is -2.09. The predicted molar refractivity (Wildman–Crippen MR) is 69.3 cm³/mol. The molecule has 0 saturated heterocycles. The topological polar surface area (TPSA) is 35.1 Å². The first-order valence-electron chi connectivity index (χ1n) is 6.42. The minimum Gasteiger partial charge on any atom is -0.491 e. The van der Waals surface area contributed by atoms with Gasteiger partial charge in [-0.25, -0.2) is 0 Å². The van der Waals surface area contributed by atoms with E-state index in [1.807, 2.05) is 30.3 Å². The van der Waals surface area contributed by atoms with Crippen LogP contribution in [-0.2, 0) is 4.74 Å². The molecule has 0 unspecified atom stereocenters. The Labute approximate surface area is 104 Å². The van der Waals surface area contributed by atoms with Crippen LogP contribution in [0.25, 0.3) is 0 Å². The summed E-state index contributed by atoms with van der Waals surface area (Å²) in [5.41, 5.74) is 0. The summed E-state index contributed by atoms with van der Waals surface area (Å²) in [5.74, 6) is 0.905. The first-order chi connectivity index (χ1) is 8.33. The van der Waals surface area contributed by atoms with Crippen molar-refractivity contribution >= 4 is 0 Å². The zero-order chi connectivity index (χ0) is 12.3. The van der Waals surface area contributed by atoms with Crippen LogP contribution in [0, 0.1) is 0 Å². The van der Waals surface area contributed by atoms with Crippen LogP contribution in [-0.4, -0.2) is 32.4 Å². The fourth-order valence-corrected chi connectivity index (χ4v) is 1.44. The van der Waals surface area contributed by atoms with Crippen molar-refractivity contribution in [1.29, 1.82) is 0 Å². The number of para-hydroxylation sites is 1. The fraction of sp³-hybridized carbons (Fsp3) is 0.571. The molecule has 0 amide bonds. The lowest BCUT2D eigenvalue weighted by molar-refractivity contribution is -0.687. The molecule has 0 aliphatic carbocycles. The Morgan fingerprint density at radius 1 is 1.12 bits per heavy atom. The van der Waals surface area contributed by atoms with Gasteiger partial charge in [-0.1, -0.05) is 25.1 Å². The molecule has 0 spiro atoms. The van der Waals surface area contributed by atoms with Crippen molar-refractivity contribution in [2.45, 2.75) is 26.3 Å². The number of benzene rings is 1. The van der Waals surface area contributed by atoms with Crippen molar-refractivity contribution in [2.24, 2.45) is 0 Å². The molecule has 0 saturated carbocycles. The highest BCUT2D eigenvalue weighted by Crippen LogP contribution is 2.07. The standard InChI is InChI=1S/C14H23NO2/c1-3-13(2)15-9-10-16-11-12-17-14-7-5-4-6-8-14/h4-8,13,15H,3,9-12H2,1-2H3/p+1/t13-/m0/s1. The van der Waals surface area contributed by atoms with Gasteiger partial charge >= 0.3 is 0 Å². The molecule has 1 aromatic carbocycles. The molecule has 0 radical (unpaired) electrons. The fourth-order valence-electron chi connectivity index (χ4n) is 1.44. The largest absolute Gasteiger partial charge is 0.491 e. The maximum atomic E-state index is 5.52. The van der Waals surface area contributed by atoms with E-state index >= 15 is 0 Å². The lowest BCUT2D eigenvalue weighted by Crippen LogP contribution is -2.90. The highest BCUT2D eigenvalue weighted by Gasteiger charge is 1.99. The second kappa shape index (κ2) is 9.02. The van der Waals surface area contributed by atoms with Gasteiger partial charge in [-0.2, -0.15) is 0 Å². The summed E-state index contributed by atoms with van der Waals surface area (Å²) in [6, 6.07) is 10.5. The average Bonchev–Trinajstić information content (AvgIpc) is 2.38. The van der Waals surface area contributed by atoms with Crippen molar-refractivity contribution in [3.05, 3.63) is 30.3 Å². The molecular weight excluding hydrogens is 214 g/mol. The van der Waals surface area contributed by atoms with Gasteiger partial charge in [-0.15, -0.1) is 0 Å². The van der Waals surface area contributed by atoms with Crippen molar-refractivity contribution in [3.63, 3.8) is 0 Å². The molecule has 1 atom stereocenters. The van der Waals surface area contributed by atoms with Gasteiger partial charge in [0.15, 0.2) is 0 Å². The van der Waals surface area contributed by atoms with Gasteiger partial charge < -0.3 is 14.8 Å². The molecule has 0 aromatic heterocycles. The number of ether oxygens (including phenoxy) is 2. The van der Waals surface area contributed by atoms with Gasteiger partial charge in [0.05, 0.1) is 25.8 Å². The Morgan fingerprint density at radius 2 is 1.88 bits per heavy atom. The smallest absolute Gasteiger partial charge is 0.119 e. The van der Waals surface area contributed by atoms with Crippen LogP contribution >= 0.6 is 0 Å². The summed E-state index contributed by atoms with van der Waals surface area (Å²) in [5, 5.41) is 2.32. The molecule has 3 nitrogen and oxygen atoms in total. The average molecular weight is 238 g/mol. The van der Waals surface area contributed by atoms with Crippen LogP contribution in [0.1, 0.15) is 20.3 Å². The molecule has 0 heterocycles. The van der Waals surface area contributed by atoms with Crippen LogP contribution in [0.3, 0.4) is 0 Å². The third kappa shape index (κ3) is 6.97. The zero-order valence-electron chi connectivity index (χ0n) is 10.9. The van der Waals surface area contributed by atoms with Crippen LogP contribution in [0.15, 0.2) is 30.3 Å². The highest BCUT2D eigenvalue weighted by molar-refractivity contribution is 5.20. The van der Waals surface area contributed by atoms with Gasteiger partial charge in [-0.3, -0.25) is 0 Å². The normalized spacial score (nSPS) is 12.4. The second-order valence-corrected chi connectivity index (χ2v) is 4.18. The third-order valence-electron chi connectivity index (χ3n) is 2.71. The van der Waals surface area contributed by atoms with E-state index in [-0.39, 0.29) is 0 Å². The second-order valence-electron chi connectivity index (χ2n) is 4.18. The van der Waals surface area contributed by atoms with E-state index in [1.54, 1.807) is 0 Å². The number of hydrogen-bond acceptors (Lipinski definition) is 2. The van der Waals surface area contributed by atoms with Crippen molar-refractivity contribution < 1.29 is 14.8 Å². The molecule has 17 heavy (non-hydrogen) atoms. The Kier molecular flexibility index (Phi) is 7.43. The van der Waals surface area contributed by atoms with E-state index in [4.69, 9.17) is 9.47 Å². The molecule has 96 valence electrons. The molecular formula is C14H24NO2+. The molecule has 0 bridgehead atoms. The summed E-state index contributed by atoms with van der Waals surface area (Å²) in [6.07, 6.45) is 1.21. The summed E-state index contributed by atoms with van der Waals surface area (Å²) in [7, 11) is 0. The monoisotopic (exact) mass is 238 g/mol. The maximum absolute atomic E-state index is 5.52. The highest BCUT2D eigenvalue weighted by atomic mass is 16.5. The maximum Gasteiger partial charge on any atom is 0.119 e. The number of nitrogens with two attached hydrogens (primary N) is 1. The van der Waals surface area contributed by atoms with Crippen LogP contribution < -0.4 is 10.1 Å². The van der Waals surface area contributed by atoms with Gasteiger partial charge in [0.25, 0.3) is 0 Å². The Balaban J connectivity index is 1.91. The Hall–Kier alpha value is -1.06. The quantitative estimate of drug-likeness (QED) is 0.661. The predicted octanol–water partition coefficient (Wildman–Crippen LogP) is 1.44. The van der Waals surface area contributed by atoms with E-state index in [9.17, 15) is 0 Å². The molecule has 2 N–H and O–H groups in total. The summed E-state index contributed by atoms with van der Waals surface area (Å²) in [6.45, 7) is 7.54. The van der Waals surface area contributed by atoms with Gasteiger partial charge in [0.2, 0.25) is 0 Å². The zero-order valence-corrected chi connectivity index (χ0v) is 10.9. The molecule has 0 fully saturated rings. The van der Waals surface area contributed by atoms with E-state index < -0.39 is 0 Å². The first kappa shape index (κ1) is 14.0. The van der Waals surface area contributed by atoms with Crippen LogP contribution in [0.2, 0.25) is 0 Å². The summed E-state index contributed by atoms with van der Waals surface area (Å²) < 4.78 is 11.0. The summed E-state index contributed by atoms with van der Waals surface area (Å²) in [4.78, 5) is 0.